The summed E-state index contributed by atoms with van der Waals surface area (Å²) in [5.41, 5.74) is 2.87. The number of carbonyl (C=O) groups excluding carboxylic acids is 1. The number of aromatic nitrogens is 3. The van der Waals surface area contributed by atoms with Gasteiger partial charge >= 0.3 is 0 Å². The molecule has 3 rings (SSSR count). The third-order valence-corrected chi connectivity index (χ3v) is 3.42. The van der Waals surface area contributed by atoms with Crippen LogP contribution in [0.15, 0.2) is 60.9 Å². The average molecular weight is 319 g/mol. The number of anilines is 2. The molecule has 120 valence electrons. The lowest BCUT2D eigenvalue weighted by Gasteiger charge is -2.07. The van der Waals surface area contributed by atoms with Crippen LogP contribution in [0.25, 0.3) is 0 Å². The molecule has 1 amide bonds. The van der Waals surface area contributed by atoms with Crippen molar-refractivity contribution in [3.63, 3.8) is 0 Å². The van der Waals surface area contributed by atoms with Crippen molar-refractivity contribution in [1.29, 1.82) is 0 Å². The van der Waals surface area contributed by atoms with E-state index in [2.05, 4.69) is 57.0 Å². The second-order valence-corrected chi connectivity index (χ2v) is 5.34. The number of amides is 1. The fourth-order valence-corrected chi connectivity index (χ4v) is 2.08. The predicted octanol–water partition coefficient (Wildman–Crippen LogP) is 3.04. The molecule has 0 aliphatic heterocycles. The molecule has 1 aromatic carbocycles. The molecular weight excluding hydrogens is 302 g/mol. The second kappa shape index (κ2) is 7.32. The number of rotatable bonds is 5. The van der Waals surface area contributed by atoms with Gasteiger partial charge in [-0.3, -0.25) is 9.78 Å². The summed E-state index contributed by atoms with van der Waals surface area (Å²) in [5.74, 6) is 0.775. The van der Waals surface area contributed by atoms with Crippen LogP contribution in [0.3, 0.4) is 0 Å². The molecule has 3 aromatic rings. The van der Waals surface area contributed by atoms with E-state index in [4.69, 9.17) is 0 Å². The first kappa shape index (κ1) is 15.6. The lowest BCUT2D eigenvalue weighted by molar-refractivity contribution is 0.102. The molecule has 0 atom stereocenters. The van der Waals surface area contributed by atoms with Crippen LogP contribution in [-0.4, -0.2) is 21.1 Å². The summed E-state index contributed by atoms with van der Waals surface area (Å²) in [7, 11) is 0. The highest BCUT2D eigenvalue weighted by molar-refractivity contribution is 6.03. The maximum absolute atomic E-state index is 12.0. The summed E-state index contributed by atoms with van der Waals surface area (Å²) in [4.78, 5) is 15.9. The van der Waals surface area contributed by atoms with E-state index in [1.165, 1.54) is 11.8 Å². The van der Waals surface area contributed by atoms with Crippen LogP contribution in [0.1, 0.15) is 21.5 Å². The van der Waals surface area contributed by atoms with Gasteiger partial charge in [-0.2, -0.15) is 0 Å². The summed E-state index contributed by atoms with van der Waals surface area (Å²) in [6.07, 6.45) is 3.12. The number of aryl methyl sites for hydroxylation is 1. The van der Waals surface area contributed by atoms with E-state index in [1.807, 2.05) is 0 Å². The second-order valence-electron chi connectivity index (χ2n) is 5.34. The predicted molar refractivity (Wildman–Crippen MR) is 92.7 cm³/mol. The maximum Gasteiger partial charge on any atom is 0.258 e. The number of carbonyl (C=O) groups is 1. The number of hydrogen-bond donors (Lipinski definition) is 2. The molecule has 2 heterocycles. The highest BCUT2D eigenvalue weighted by Gasteiger charge is 2.07. The molecule has 2 N–H and O–H groups in total. The largest absolute Gasteiger partial charge is 0.365 e. The van der Waals surface area contributed by atoms with E-state index >= 15 is 0 Å². The first-order chi connectivity index (χ1) is 11.7. The topological polar surface area (TPSA) is 79.8 Å². The van der Waals surface area contributed by atoms with Crippen molar-refractivity contribution in [2.75, 3.05) is 10.6 Å². The Morgan fingerprint density at radius 2 is 1.75 bits per heavy atom. The van der Waals surface area contributed by atoms with Gasteiger partial charge in [-0.05, 0) is 36.8 Å². The van der Waals surface area contributed by atoms with Crippen LogP contribution in [0.2, 0.25) is 0 Å². The first-order valence-electron chi connectivity index (χ1n) is 7.55. The molecule has 0 bridgehead atoms. The Hall–Kier alpha value is -3.28. The van der Waals surface area contributed by atoms with E-state index < -0.39 is 0 Å². The molecule has 0 unspecified atom stereocenters. The van der Waals surface area contributed by atoms with Crippen molar-refractivity contribution in [1.82, 2.24) is 15.2 Å². The van der Waals surface area contributed by atoms with Crippen LogP contribution >= 0.6 is 0 Å². The molecular formula is C18H17N5O. The van der Waals surface area contributed by atoms with Crippen LogP contribution < -0.4 is 10.6 Å². The Morgan fingerprint density at radius 1 is 1.00 bits per heavy atom. The number of hydrogen-bond acceptors (Lipinski definition) is 5. The zero-order chi connectivity index (χ0) is 16.8. The minimum Gasteiger partial charge on any atom is -0.365 e. The number of nitrogens with zero attached hydrogens (tertiary/aromatic N) is 3. The molecule has 0 aliphatic rings. The van der Waals surface area contributed by atoms with E-state index in [9.17, 15) is 4.79 Å². The van der Waals surface area contributed by atoms with E-state index in [1.54, 1.807) is 30.5 Å². The van der Waals surface area contributed by atoms with Crippen molar-refractivity contribution in [3.8, 4) is 0 Å². The van der Waals surface area contributed by atoms with Crippen LogP contribution in [-0.2, 0) is 6.54 Å². The third-order valence-electron chi connectivity index (χ3n) is 3.42. The van der Waals surface area contributed by atoms with Crippen molar-refractivity contribution >= 4 is 17.5 Å². The van der Waals surface area contributed by atoms with Gasteiger partial charge in [0.1, 0.15) is 5.82 Å². The highest BCUT2D eigenvalue weighted by atomic mass is 16.1. The fraction of sp³-hybridized carbons (Fsp3) is 0.111. The molecule has 0 saturated heterocycles. The molecule has 2 aromatic heterocycles. The maximum atomic E-state index is 12.0. The lowest BCUT2D eigenvalue weighted by Crippen LogP contribution is -2.13. The smallest absolute Gasteiger partial charge is 0.258 e. The van der Waals surface area contributed by atoms with Crippen molar-refractivity contribution in [2.45, 2.75) is 13.5 Å². The first-order valence-corrected chi connectivity index (χ1v) is 7.55. The van der Waals surface area contributed by atoms with Crippen molar-refractivity contribution < 1.29 is 4.79 Å². The van der Waals surface area contributed by atoms with Gasteiger partial charge in [0.2, 0.25) is 0 Å². The quantitative estimate of drug-likeness (QED) is 0.755. The number of pyridine rings is 1. The number of benzene rings is 1. The minimum atomic E-state index is -0.266. The average Bonchev–Trinajstić information content (AvgIpc) is 2.63. The number of nitrogens with one attached hydrogen (secondary N) is 2. The lowest BCUT2D eigenvalue weighted by atomic mass is 10.1. The summed E-state index contributed by atoms with van der Waals surface area (Å²) in [6, 6.07) is 15.2. The molecule has 6 heteroatoms. The molecule has 24 heavy (non-hydrogen) atoms. The van der Waals surface area contributed by atoms with Crippen LogP contribution in [0.5, 0.6) is 0 Å². The van der Waals surface area contributed by atoms with Crippen LogP contribution in [0, 0.1) is 6.92 Å². The highest BCUT2D eigenvalue weighted by Crippen LogP contribution is 2.10. The standard InChI is InChI=1S/C18H17N5O/c1-13-4-6-14(7-5-13)11-20-16-8-9-17(23-22-16)21-18(24)15-3-2-10-19-12-15/h2-10,12H,11H2,1H3,(H,20,22)(H,21,23,24). The minimum absolute atomic E-state index is 0.266. The van der Waals surface area contributed by atoms with Gasteiger partial charge in [-0.1, -0.05) is 29.8 Å². The molecule has 0 saturated carbocycles. The van der Waals surface area contributed by atoms with E-state index in [0.29, 0.717) is 23.7 Å². The zero-order valence-electron chi connectivity index (χ0n) is 13.2. The SMILES string of the molecule is Cc1ccc(CNc2ccc(NC(=O)c3cccnc3)nn2)cc1. The molecule has 6 nitrogen and oxygen atoms in total. The van der Waals surface area contributed by atoms with Crippen molar-refractivity contribution in [2.24, 2.45) is 0 Å². The summed E-state index contributed by atoms with van der Waals surface area (Å²) in [5, 5.41) is 14.0. The Balaban J connectivity index is 1.57. The molecule has 0 spiro atoms. The van der Waals surface area contributed by atoms with Crippen LogP contribution in [0.4, 0.5) is 11.6 Å². The summed E-state index contributed by atoms with van der Waals surface area (Å²) < 4.78 is 0. The molecule has 0 radical (unpaired) electrons. The Kier molecular flexibility index (Phi) is 4.76. The van der Waals surface area contributed by atoms with Gasteiger partial charge in [0.15, 0.2) is 5.82 Å². The monoisotopic (exact) mass is 319 g/mol. The Labute approximate surface area is 140 Å². The van der Waals surface area contributed by atoms with E-state index in [0.717, 1.165) is 5.56 Å². The Morgan fingerprint density at radius 3 is 2.42 bits per heavy atom. The van der Waals surface area contributed by atoms with E-state index in [-0.39, 0.29) is 5.91 Å². The normalized spacial score (nSPS) is 10.2. The molecule has 0 fully saturated rings. The fourth-order valence-electron chi connectivity index (χ4n) is 2.08. The van der Waals surface area contributed by atoms with Gasteiger partial charge in [0, 0.05) is 18.9 Å². The van der Waals surface area contributed by atoms with Gasteiger partial charge in [0.05, 0.1) is 5.56 Å². The van der Waals surface area contributed by atoms with Gasteiger partial charge in [-0.15, -0.1) is 10.2 Å². The van der Waals surface area contributed by atoms with Gasteiger partial charge in [-0.25, -0.2) is 0 Å². The van der Waals surface area contributed by atoms with Gasteiger partial charge < -0.3 is 10.6 Å². The zero-order valence-corrected chi connectivity index (χ0v) is 13.2. The van der Waals surface area contributed by atoms with Gasteiger partial charge in [0.25, 0.3) is 5.91 Å². The Bertz CT molecular complexity index is 801. The summed E-state index contributed by atoms with van der Waals surface area (Å²) in [6.45, 7) is 2.72. The molecule has 0 aliphatic carbocycles. The summed E-state index contributed by atoms with van der Waals surface area (Å²) >= 11 is 0. The van der Waals surface area contributed by atoms with Crippen molar-refractivity contribution in [3.05, 3.63) is 77.6 Å². The third kappa shape index (κ3) is 4.13.